The van der Waals surface area contributed by atoms with Crippen LogP contribution >= 0.6 is 24.0 Å². The highest BCUT2D eigenvalue weighted by Gasteiger charge is 2.16. The molecule has 0 radical (unpaired) electrons. The highest BCUT2D eigenvalue weighted by molar-refractivity contribution is 14.0. The minimum absolute atomic E-state index is 0. The number of aromatic nitrogens is 1. The molecule has 1 aromatic carbocycles. The Morgan fingerprint density at radius 1 is 1.00 bits per heavy atom. The molecule has 1 aromatic heterocycles. The molecule has 0 aliphatic rings. The number of halogens is 1. The second kappa shape index (κ2) is 15.3. The third kappa shape index (κ3) is 12.9. The number of anilines is 2. The quantitative estimate of drug-likeness (QED) is 0.144. The molecule has 0 saturated heterocycles. The van der Waals surface area contributed by atoms with E-state index in [4.69, 9.17) is 4.74 Å². The zero-order valence-electron chi connectivity index (χ0n) is 20.0. The fourth-order valence-corrected chi connectivity index (χ4v) is 2.86. The number of hydrogen-bond donors (Lipinski definition) is 4. The Balaban J connectivity index is 0.00000544. The number of benzene rings is 1. The van der Waals surface area contributed by atoms with Gasteiger partial charge in [-0.25, -0.2) is 9.78 Å². The summed E-state index contributed by atoms with van der Waals surface area (Å²) in [6, 6.07) is 13.6. The van der Waals surface area contributed by atoms with Gasteiger partial charge in [-0.05, 0) is 69.9 Å². The molecule has 1 amide bonds. The third-order valence-electron chi connectivity index (χ3n) is 4.40. The molecule has 0 fully saturated rings. The average Bonchev–Trinajstić information content (AvgIpc) is 2.75. The Labute approximate surface area is 214 Å². The molecule has 8 nitrogen and oxygen atoms in total. The summed E-state index contributed by atoms with van der Waals surface area (Å²) in [5, 5.41) is 12.7. The molecule has 1 heterocycles. The zero-order valence-corrected chi connectivity index (χ0v) is 22.3. The Bertz CT molecular complexity index is 838. The van der Waals surface area contributed by atoms with Gasteiger partial charge in [-0.2, -0.15) is 0 Å². The first-order valence-corrected chi connectivity index (χ1v) is 11.0. The molecule has 4 N–H and O–H groups in total. The van der Waals surface area contributed by atoms with Crippen molar-refractivity contribution >= 4 is 47.5 Å². The topological polar surface area (TPSA) is 99.7 Å². The lowest BCUT2D eigenvalue weighted by Gasteiger charge is -2.19. The fourth-order valence-electron chi connectivity index (χ4n) is 2.86. The molecule has 0 spiro atoms. The largest absolute Gasteiger partial charge is 0.444 e. The molecule has 9 heteroatoms. The van der Waals surface area contributed by atoms with Gasteiger partial charge < -0.3 is 20.7 Å². The molecule has 2 rings (SSSR count). The molecule has 0 bridgehead atoms. The normalized spacial score (nSPS) is 11.2. The number of unbranched alkanes of at least 4 members (excludes halogenated alkanes) is 1. The number of aliphatic imine (C=N–C) groups is 1. The van der Waals surface area contributed by atoms with E-state index in [9.17, 15) is 4.79 Å². The molecule has 0 atom stereocenters. The van der Waals surface area contributed by atoms with E-state index in [0.717, 1.165) is 50.7 Å². The van der Waals surface area contributed by atoms with Gasteiger partial charge >= 0.3 is 6.09 Å². The van der Waals surface area contributed by atoms with Crippen LogP contribution in [0.1, 0.15) is 39.2 Å². The van der Waals surface area contributed by atoms with Gasteiger partial charge in [0.2, 0.25) is 0 Å². The Morgan fingerprint density at radius 3 is 2.33 bits per heavy atom. The number of ether oxygens (including phenoxy) is 1. The summed E-state index contributed by atoms with van der Waals surface area (Å²) >= 11 is 0. The van der Waals surface area contributed by atoms with E-state index in [1.54, 1.807) is 13.2 Å². The highest BCUT2D eigenvalue weighted by atomic mass is 127. The van der Waals surface area contributed by atoms with Gasteiger partial charge in [-0.1, -0.05) is 18.2 Å². The lowest BCUT2D eigenvalue weighted by Crippen LogP contribution is -2.38. The summed E-state index contributed by atoms with van der Waals surface area (Å²) in [7, 11) is 1.77. The second-order valence-electron chi connectivity index (χ2n) is 8.35. The Kier molecular flexibility index (Phi) is 13.2. The predicted octanol–water partition coefficient (Wildman–Crippen LogP) is 4.65. The summed E-state index contributed by atoms with van der Waals surface area (Å²) in [6.45, 7) is 8.03. The van der Waals surface area contributed by atoms with Crippen molar-refractivity contribution in [1.82, 2.24) is 15.6 Å². The number of carbonyl (C=O) groups is 1. The first-order valence-electron chi connectivity index (χ1n) is 11.0. The van der Waals surface area contributed by atoms with Crippen LogP contribution in [0, 0.1) is 0 Å². The number of nitrogens with one attached hydrogen (secondary N) is 4. The maximum Gasteiger partial charge on any atom is 0.412 e. The average molecular weight is 569 g/mol. The molecule has 0 aliphatic carbocycles. The van der Waals surface area contributed by atoms with Crippen LogP contribution in [0.25, 0.3) is 0 Å². The molecular formula is C24H37IN6O2. The van der Waals surface area contributed by atoms with E-state index < -0.39 is 11.7 Å². The first-order chi connectivity index (χ1) is 15.4. The SMILES string of the molecule is CN=C(NCCCCNc1ccccn1)NCCc1ccc(NC(=O)OC(C)(C)C)cc1.I. The van der Waals surface area contributed by atoms with E-state index in [1.165, 1.54) is 5.56 Å². The van der Waals surface area contributed by atoms with E-state index in [0.29, 0.717) is 5.69 Å². The number of rotatable bonds is 10. The minimum atomic E-state index is -0.515. The van der Waals surface area contributed by atoms with E-state index in [-0.39, 0.29) is 24.0 Å². The van der Waals surface area contributed by atoms with E-state index in [2.05, 4.69) is 31.2 Å². The smallest absolute Gasteiger partial charge is 0.412 e. The van der Waals surface area contributed by atoms with Crippen molar-refractivity contribution in [3.05, 3.63) is 54.2 Å². The summed E-state index contributed by atoms with van der Waals surface area (Å²) in [6.07, 6.45) is 4.27. The van der Waals surface area contributed by atoms with Crippen molar-refractivity contribution in [2.24, 2.45) is 4.99 Å². The lowest BCUT2D eigenvalue weighted by atomic mass is 10.1. The summed E-state index contributed by atoms with van der Waals surface area (Å²) in [5.74, 6) is 1.71. The first kappa shape index (κ1) is 28.5. The second-order valence-corrected chi connectivity index (χ2v) is 8.35. The van der Waals surface area contributed by atoms with E-state index in [1.807, 2.05) is 63.2 Å². The Morgan fingerprint density at radius 2 is 1.70 bits per heavy atom. The molecule has 0 unspecified atom stereocenters. The predicted molar refractivity (Wildman–Crippen MR) is 147 cm³/mol. The highest BCUT2D eigenvalue weighted by Crippen LogP contribution is 2.13. The van der Waals surface area contributed by atoms with Gasteiger partial charge in [0.05, 0.1) is 0 Å². The van der Waals surface area contributed by atoms with Gasteiger partial charge in [0.1, 0.15) is 11.4 Å². The standard InChI is InChI=1S/C24H36N6O2.HI/c1-24(2,3)32-23(31)30-20-12-10-19(11-13-20)14-18-29-22(25-4)28-17-8-7-16-27-21-9-5-6-15-26-21;/h5-6,9-13,15H,7-8,14,16-18H2,1-4H3,(H,26,27)(H,30,31)(H2,25,28,29);1H. The summed E-state index contributed by atoms with van der Waals surface area (Å²) in [5.41, 5.74) is 1.37. The molecule has 182 valence electrons. The van der Waals surface area contributed by atoms with Crippen molar-refractivity contribution in [1.29, 1.82) is 0 Å². The molecule has 33 heavy (non-hydrogen) atoms. The number of amides is 1. The number of hydrogen-bond acceptors (Lipinski definition) is 5. The van der Waals surface area contributed by atoms with Gasteiger partial charge in [0.25, 0.3) is 0 Å². The molecule has 2 aromatic rings. The molecule has 0 saturated carbocycles. The zero-order chi connectivity index (χ0) is 23.2. The van der Waals surface area contributed by atoms with Crippen LogP contribution in [0.2, 0.25) is 0 Å². The Hall–Kier alpha value is -2.56. The number of pyridine rings is 1. The van der Waals surface area contributed by atoms with Crippen molar-refractivity contribution in [2.75, 3.05) is 37.3 Å². The van der Waals surface area contributed by atoms with Crippen molar-refractivity contribution < 1.29 is 9.53 Å². The number of nitrogens with zero attached hydrogens (tertiary/aromatic N) is 2. The van der Waals surface area contributed by atoms with Crippen LogP contribution < -0.4 is 21.3 Å². The van der Waals surface area contributed by atoms with Gasteiger partial charge in [-0.3, -0.25) is 10.3 Å². The number of carbonyl (C=O) groups excluding carboxylic acids is 1. The van der Waals surface area contributed by atoms with Gasteiger partial charge in [0.15, 0.2) is 5.96 Å². The van der Waals surface area contributed by atoms with Crippen molar-refractivity contribution in [3.63, 3.8) is 0 Å². The number of guanidine groups is 1. The van der Waals surface area contributed by atoms with Crippen LogP contribution in [-0.4, -0.2) is 49.3 Å². The minimum Gasteiger partial charge on any atom is -0.444 e. The van der Waals surface area contributed by atoms with Gasteiger partial charge in [-0.15, -0.1) is 24.0 Å². The fraction of sp³-hybridized carbons (Fsp3) is 0.458. The van der Waals surface area contributed by atoms with Crippen molar-refractivity contribution in [2.45, 2.75) is 45.6 Å². The van der Waals surface area contributed by atoms with Crippen LogP contribution in [0.3, 0.4) is 0 Å². The maximum absolute atomic E-state index is 11.8. The van der Waals surface area contributed by atoms with Crippen LogP contribution in [0.15, 0.2) is 53.7 Å². The summed E-state index contributed by atoms with van der Waals surface area (Å²) < 4.78 is 5.26. The van der Waals surface area contributed by atoms with Crippen LogP contribution in [0.5, 0.6) is 0 Å². The molecule has 0 aliphatic heterocycles. The molecular weight excluding hydrogens is 531 g/mol. The summed E-state index contributed by atoms with van der Waals surface area (Å²) in [4.78, 5) is 20.3. The third-order valence-corrected chi connectivity index (χ3v) is 4.40. The van der Waals surface area contributed by atoms with Crippen LogP contribution in [0.4, 0.5) is 16.3 Å². The van der Waals surface area contributed by atoms with E-state index >= 15 is 0 Å². The lowest BCUT2D eigenvalue weighted by molar-refractivity contribution is 0.0636. The van der Waals surface area contributed by atoms with Crippen molar-refractivity contribution in [3.8, 4) is 0 Å². The maximum atomic E-state index is 11.8. The van der Waals surface area contributed by atoms with Gasteiger partial charge in [0, 0.05) is 38.6 Å². The van der Waals surface area contributed by atoms with Crippen LogP contribution in [-0.2, 0) is 11.2 Å². The monoisotopic (exact) mass is 568 g/mol.